The highest BCUT2D eigenvalue weighted by Crippen LogP contribution is 2.34. The van der Waals surface area contributed by atoms with E-state index < -0.39 is 0 Å². The number of thiazole rings is 1. The van der Waals surface area contributed by atoms with Gasteiger partial charge in [-0.15, -0.1) is 11.3 Å². The molecule has 4 nitrogen and oxygen atoms in total. The number of benzene rings is 2. The molecule has 4 aromatic rings. The molecule has 27 heavy (non-hydrogen) atoms. The number of pyridine rings is 1. The largest absolute Gasteiger partial charge is 0.493 e. The number of rotatable bonds is 6. The van der Waals surface area contributed by atoms with Crippen molar-refractivity contribution in [1.29, 1.82) is 0 Å². The lowest BCUT2D eigenvalue weighted by atomic mass is 10.2. The minimum Gasteiger partial charge on any atom is -0.493 e. The second-order valence-electron chi connectivity index (χ2n) is 5.84. The van der Waals surface area contributed by atoms with E-state index in [0.29, 0.717) is 5.75 Å². The van der Waals surface area contributed by atoms with Gasteiger partial charge in [-0.3, -0.25) is 0 Å². The maximum atomic E-state index is 5.39. The van der Waals surface area contributed by atoms with Gasteiger partial charge in [0.2, 0.25) is 0 Å². The fourth-order valence-electron chi connectivity index (χ4n) is 2.75. The summed E-state index contributed by atoms with van der Waals surface area (Å²) in [5, 5.41) is 5.23. The zero-order chi connectivity index (χ0) is 18.6. The van der Waals surface area contributed by atoms with Crippen molar-refractivity contribution in [3.63, 3.8) is 0 Å². The molecule has 0 amide bonds. The molecule has 0 aliphatic carbocycles. The van der Waals surface area contributed by atoms with Gasteiger partial charge in [-0.2, -0.15) is 0 Å². The lowest BCUT2D eigenvalue weighted by Crippen LogP contribution is -1.91. The van der Waals surface area contributed by atoms with Gasteiger partial charge in [-0.25, -0.2) is 9.97 Å². The van der Waals surface area contributed by atoms with Gasteiger partial charge in [0.1, 0.15) is 5.01 Å². The molecule has 6 heteroatoms. The third kappa shape index (κ3) is 3.91. The topological polar surface area (TPSA) is 44.2 Å². The Hall–Kier alpha value is -2.57. The van der Waals surface area contributed by atoms with Gasteiger partial charge in [0, 0.05) is 22.1 Å². The van der Waals surface area contributed by atoms with Crippen LogP contribution >= 0.6 is 23.1 Å². The number of hydrogen-bond acceptors (Lipinski definition) is 6. The maximum absolute atomic E-state index is 5.39. The molecular weight excluding hydrogens is 376 g/mol. The summed E-state index contributed by atoms with van der Waals surface area (Å²) in [6.07, 6.45) is 0. The molecule has 2 aromatic heterocycles. The van der Waals surface area contributed by atoms with E-state index in [9.17, 15) is 0 Å². The standard InChI is InChI=1S/C21H18N2O2S2/c1-24-18-9-7-15(11-19(18)25-2)21-22-16(13-27-21)12-26-20-10-8-14-5-3-4-6-17(14)23-20/h3-11,13H,12H2,1-2H3. The van der Waals surface area contributed by atoms with Crippen LogP contribution in [-0.2, 0) is 5.75 Å². The Morgan fingerprint density at radius 2 is 1.78 bits per heavy atom. The Morgan fingerprint density at radius 1 is 0.926 bits per heavy atom. The number of hydrogen-bond donors (Lipinski definition) is 0. The van der Waals surface area contributed by atoms with Crippen LogP contribution in [0.25, 0.3) is 21.5 Å². The van der Waals surface area contributed by atoms with Gasteiger partial charge < -0.3 is 9.47 Å². The van der Waals surface area contributed by atoms with Crippen LogP contribution in [0.2, 0.25) is 0 Å². The highest BCUT2D eigenvalue weighted by Gasteiger charge is 2.10. The van der Waals surface area contributed by atoms with Crippen molar-refractivity contribution < 1.29 is 9.47 Å². The van der Waals surface area contributed by atoms with E-state index in [2.05, 4.69) is 23.6 Å². The molecular formula is C21H18N2O2S2. The quantitative estimate of drug-likeness (QED) is 0.394. The number of para-hydroxylation sites is 1. The summed E-state index contributed by atoms with van der Waals surface area (Å²) in [6, 6.07) is 18.2. The first-order valence-corrected chi connectivity index (χ1v) is 10.3. The fourth-order valence-corrected chi connectivity index (χ4v) is 4.44. The molecule has 0 N–H and O–H groups in total. The maximum Gasteiger partial charge on any atom is 0.161 e. The van der Waals surface area contributed by atoms with Crippen molar-refractivity contribution in [2.24, 2.45) is 0 Å². The molecule has 0 atom stereocenters. The number of nitrogens with zero attached hydrogens (tertiary/aromatic N) is 2. The van der Waals surface area contributed by atoms with Crippen molar-refractivity contribution in [1.82, 2.24) is 9.97 Å². The van der Waals surface area contributed by atoms with Crippen LogP contribution in [0.4, 0.5) is 0 Å². The van der Waals surface area contributed by atoms with Crippen molar-refractivity contribution in [3.05, 3.63) is 65.7 Å². The SMILES string of the molecule is COc1ccc(-c2nc(CSc3ccc4ccccc4n3)cs2)cc1OC. The van der Waals surface area contributed by atoms with Crippen molar-refractivity contribution in [2.45, 2.75) is 10.8 Å². The molecule has 2 aromatic carbocycles. The Bertz CT molecular complexity index is 1080. The number of ether oxygens (including phenoxy) is 2. The van der Waals surface area contributed by atoms with E-state index in [1.807, 2.05) is 36.4 Å². The zero-order valence-corrected chi connectivity index (χ0v) is 16.6. The zero-order valence-electron chi connectivity index (χ0n) is 15.0. The third-order valence-electron chi connectivity index (χ3n) is 4.12. The molecule has 0 radical (unpaired) electrons. The summed E-state index contributed by atoms with van der Waals surface area (Å²) < 4.78 is 10.7. The van der Waals surface area contributed by atoms with Crippen LogP contribution in [0, 0.1) is 0 Å². The van der Waals surface area contributed by atoms with Crippen molar-refractivity contribution in [3.8, 4) is 22.1 Å². The normalized spacial score (nSPS) is 10.9. The van der Waals surface area contributed by atoms with Crippen LogP contribution < -0.4 is 9.47 Å². The Labute approximate surface area is 166 Å². The molecule has 0 unspecified atom stereocenters. The highest BCUT2D eigenvalue weighted by atomic mass is 32.2. The van der Waals surface area contributed by atoms with Gasteiger partial charge in [0.25, 0.3) is 0 Å². The average Bonchev–Trinajstić information content (AvgIpc) is 3.20. The van der Waals surface area contributed by atoms with Gasteiger partial charge in [0.05, 0.1) is 30.5 Å². The smallest absolute Gasteiger partial charge is 0.161 e. The molecule has 0 aliphatic rings. The molecule has 4 rings (SSSR count). The van der Waals surface area contributed by atoms with E-state index in [0.717, 1.165) is 43.7 Å². The first-order valence-electron chi connectivity index (χ1n) is 8.42. The van der Waals surface area contributed by atoms with Gasteiger partial charge in [-0.1, -0.05) is 36.0 Å². The minimum atomic E-state index is 0.710. The van der Waals surface area contributed by atoms with Crippen LogP contribution in [0.15, 0.2) is 65.0 Å². The summed E-state index contributed by atoms with van der Waals surface area (Å²) in [6.45, 7) is 0. The summed E-state index contributed by atoms with van der Waals surface area (Å²) in [5.74, 6) is 2.22. The number of fused-ring (bicyclic) bond motifs is 1. The second-order valence-corrected chi connectivity index (χ2v) is 7.70. The van der Waals surface area contributed by atoms with E-state index in [1.165, 1.54) is 0 Å². The molecule has 0 bridgehead atoms. The molecule has 0 saturated heterocycles. The molecule has 0 spiro atoms. The Morgan fingerprint density at radius 3 is 2.63 bits per heavy atom. The predicted molar refractivity (Wildman–Crippen MR) is 112 cm³/mol. The summed E-state index contributed by atoms with van der Waals surface area (Å²) >= 11 is 3.33. The minimum absolute atomic E-state index is 0.710. The van der Waals surface area contributed by atoms with Crippen LogP contribution in [0.3, 0.4) is 0 Å². The van der Waals surface area contributed by atoms with E-state index in [1.54, 1.807) is 37.3 Å². The number of thioether (sulfide) groups is 1. The van der Waals surface area contributed by atoms with E-state index in [4.69, 9.17) is 19.4 Å². The number of methoxy groups -OCH3 is 2. The van der Waals surface area contributed by atoms with Crippen LogP contribution in [-0.4, -0.2) is 24.2 Å². The first-order chi connectivity index (χ1) is 13.3. The van der Waals surface area contributed by atoms with Gasteiger partial charge in [0.15, 0.2) is 11.5 Å². The fraction of sp³-hybridized carbons (Fsp3) is 0.143. The van der Waals surface area contributed by atoms with Crippen molar-refractivity contribution >= 4 is 34.0 Å². The van der Waals surface area contributed by atoms with E-state index in [-0.39, 0.29) is 0 Å². The van der Waals surface area contributed by atoms with Gasteiger partial charge >= 0.3 is 0 Å². The van der Waals surface area contributed by atoms with Crippen LogP contribution in [0.1, 0.15) is 5.69 Å². The molecule has 2 heterocycles. The monoisotopic (exact) mass is 394 g/mol. The highest BCUT2D eigenvalue weighted by molar-refractivity contribution is 7.98. The van der Waals surface area contributed by atoms with Crippen molar-refractivity contribution in [2.75, 3.05) is 14.2 Å². The second kappa shape index (κ2) is 7.98. The summed E-state index contributed by atoms with van der Waals surface area (Å²) in [4.78, 5) is 9.47. The van der Waals surface area contributed by atoms with Crippen LogP contribution in [0.5, 0.6) is 11.5 Å². The Kier molecular flexibility index (Phi) is 5.27. The van der Waals surface area contributed by atoms with Gasteiger partial charge in [-0.05, 0) is 30.3 Å². The molecule has 0 fully saturated rings. The molecule has 136 valence electrons. The molecule has 0 saturated carbocycles. The average molecular weight is 395 g/mol. The summed E-state index contributed by atoms with van der Waals surface area (Å²) in [7, 11) is 3.28. The third-order valence-corrected chi connectivity index (χ3v) is 6.03. The summed E-state index contributed by atoms with van der Waals surface area (Å²) in [5.41, 5.74) is 3.09. The lowest BCUT2D eigenvalue weighted by Gasteiger charge is -2.08. The first kappa shape index (κ1) is 17.8. The molecule has 0 aliphatic heterocycles. The Balaban J connectivity index is 1.49. The predicted octanol–water partition coefficient (Wildman–Crippen LogP) is 5.67. The lowest BCUT2D eigenvalue weighted by molar-refractivity contribution is 0.355. The van der Waals surface area contributed by atoms with E-state index >= 15 is 0 Å². The number of aromatic nitrogens is 2.